The van der Waals surface area contributed by atoms with Crippen molar-refractivity contribution in [2.75, 3.05) is 0 Å². The number of rotatable bonds is 6. The van der Waals surface area contributed by atoms with Gasteiger partial charge in [0.15, 0.2) is 5.78 Å². The zero-order valence-electron chi connectivity index (χ0n) is 12.4. The molecule has 0 radical (unpaired) electrons. The van der Waals surface area contributed by atoms with Crippen LogP contribution in [0.25, 0.3) is 0 Å². The van der Waals surface area contributed by atoms with Gasteiger partial charge >= 0.3 is 0 Å². The number of carbonyl (C=O) groups excluding carboxylic acids is 1. The molecule has 3 nitrogen and oxygen atoms in total. The molecule has 1 aromatic heterocycles. The molecule has 3 heteroatoms. The molecule has 0 aliphatic carbocycles. The van der Waals surface area contributed by atoms with Gasteiger partial charge in [-0.15, -0.1) is 0 Å². The Morgan fingerprint density at radius 2 is 2.00 bits per heavy atom. The molecule has 0 N–H and O–H groups in total. The molecular weight excluding hydrogens is 224 g/mol. The minimum absolute atomic E-state index is 0.230. The Morgan fingerprint density at radius 1 is 1.33 bits per heavy atom. The van der Waals surface area contributed by atoms with Gasteiger partial charge in [-0.3, -0.25) is 9.48 Å². The summed E-state index contributed by atoms with van der Waals surface area (Å²) in [7, 11) is 0. The standard InChI is InChI=1S/C15H26N2O/c1-6-12-11-13(17(7-2)16-12)14(18)9-8-10-15(3,4)5/h11H,6-10H2,1-5H3. The van der Waals surface area contributed by atoms with Crippen molar-refractivity contribution >= 4 is 5.78 Å². The maximum absolute atomic E-state index is 12.2. The number of nitrogens with zero attached hydrogens (tertiary/aromatic N) is 2. The van der Waals surface area contributed by atoms with Crippen LogP contribution in [0.2, 0.25) is 0 Å². The Kier molecular flexibility index (Phi) is 5.12. The molecule has 102 valence electrons. The lowest BCUT2D eigenvalue weighted by Gasteiger charge is -2.17. The van der Waals surface area contributed by atoms with Crippen molar-refractivity contribution in [1.82, 2.24) is 9.78 Å². The fourth-order valence-electron chi connectivity index (χ4n) is 2.02. The maximum atomic E-state index is 12.2. The molecule has 1 heterocycles. The van der Waals surface area contributed by atoms with Crippen LogP contribution in [0.3, 0.4) is 0 Å². The lowest BCUT2D eigenvalue weighted by Crippen LogP contribution is -2.11. The van der Waals surface area contributed by atoms with E-state index >= 15 is 0 Å². The van der Waals surface area contributed by atoms with E-state index in [4.69, 9.17) is 0 Å². The number of carbonyl (C=O) groups is 1. The highest BCUT2D eigenvalue weighted by Crippen LogP contribution is 2.22. The van der Waals surface area contributed by atoms with Gasteiger partial charge in [0, 0.05) is 13.0 Å². The second kappa shape index (κ2) is 6.17. The van der Waals surface area contributed by atoms with Gasteiger partial charge in [0.25, 0.3) is 0 Å². The summed E-state index contributed by atoms with van der Waals surface area (Å²) < 4.78 is 1.83. The third-order valence-corrected chi connectivity index (χ3v) is 3.11. The van der Waals surface area contributed by atoms with E-state index in [1.165, 1.54) is 0 Å². The predicted molar refractivity (Wildman–Crippen MR) is 74.9 cm³/mol. The third-order valence-electron chi connectivity index (χ3n) is 3.11. The molecule has 0 saturated heterocycles. The van der Waals surface area contributed by atoms with Crippen LogP contribution in [-0.2, 0) is 13.0 Å². The first-order valence-corrected chi connectivity index (χ1v) is 6.97. The first-order chi connectivity index (χ1) is 8.37. The van der Waals surface area contributed by atoms with Gasteiger partial charge in [-0.1, -0.05) is 27.7 Å². The van der Waals surface area contributed by atoms with Crippen LogP contribution in [0.1, 0.15) is 70.1 Å². The lowest BCUT2D eigenvalue weighted by atomic mass is 9.89. The Morgan fingerprint density at radius 3 is 2.50 bits per heavy atom. The molecule has 0 amide bonds. The van der Waals surface area contributed by atoms with Crippen LogP contribution in [0.5, 0.6) is 0 Å². The Balaban J connectivity index is 2.63. The molecule has 0 aliphatic heterocycles. The molecule has 0 unspecified atom stereocenters. The van der Waals surface area contributed by atoms with Gasteiger partial charge in [0.2, 0.25) is 0 Å². The molecule has 1 rings (SSSR count). The summed E-state index contributed by atoms with van der Waals surface area (Å²) in [5.74, 6) is 0.230. The van der Waals surface area contributed by atoms with Crippen LogP contribution in [0, 0.1) is 5.41 Å². The summed E-state index contributed by atoms with van der Waals surface area (Å²) in [5.41, 5.74) is 2.10. The fraction of sp³-hybridized carbons (Fsp3) is 0.733. The number of hydrogen-bond acceptors (Lipinski definition) is 2. The van der Waals surface area contributed by atoms with E-state index in [0.717, 1.165) is 37.2 Å². The Hall–Kier alpha value is -1.12. The normalized spacial score (nSPS) is 11.8. The lowest BCUT2D eigenvalue weighted by molar-refractivity contribution is 0.0965. The van der Waals surface area contributed by atoms with Crippen molar-refractivity contribution in [2.45, 2.75) is 66.8 Å². The van der Waals surface area contributed by atoms with Crippen LogP contribution in [0.15, 0.2) is 6.07 Å². The second-order valence-corrected chi connectivity index (χ2v) is 6.03. The molecule has 0 aliphatic rings. The average Bonchev–Trinajstić information content (AvgIpc) is 2.70. The second-order valence-electron chi connectivity index (χ2n) is 6.03. The molecule has 18 heavy (non-hydrogen) atoms. The van der Waals surface area contributed by atoms with E-state index in [2.05, 4.69) is 32.8 Å². The average molecular weight is 250 g/mol. The first-order valence-electron chi connectivity index (χ1n) is 6.97. The largest absolute Gasteiger partial charge is 0.292 e. The minimum Gasteiger partial charge on any atom is -0.292 e. The van der Waals surface area contributed by atoms with Crippen molar-refractivity contribution in [3.63, 3.8) is 0 Å². The summed E-state index contributed by atoms with van der Waals surface area (Å²) in [6.07, 6.45) is 3.56. The molecule has 0 spiro atoms. The zero-order chi connectivity index (χ0) is 13.8. The van der Waals surface area contributed by atoms with E-state index in [9.17, 15) is 4.79 Å². The van der Waals surface area contributed by atoms with Gasteiger partial charge in [0.05, 0.1) is 5.69 Å². The van der Waals surface area contributed by atoms with Crippen LogP contribution in [-0.4, -0.2) is 15.6 Å². The van der Waals surface area contributed by atoms with Gasteiger partial charge in [0.1, 0.15) is 5.69 Å². The molecule has 0 bridgehead atoms. The number of hydrogen-bond donors (Lipinski definition) is 0. The number of ketones is 1. The summed E-state index contributed by atoms with van der Waals surface area (Å²) in [6.45, 7) is 11.5. The topological polar surface area (TPSA) is 34.9 Å². The number of Topliss-reactive ketones (excluding diaryl/α,β-unsaturated/α-hetero) is 1. The molecule has 0 fully saturated rings. The number of aromatic nitrogens is 2. The highest BCUT2D eigenvalue weighted by atomic mass is 16.1. The van der Waals surface area contributed by atoms with E-state index in [-0.39, 0.29) is 5.78 Å². The van der Waals surface area contributed by atoms with Crippen LogP contribution < -0.4 is 0 Å². The van der Waals surface area contributed by atoms with Crippen molar-refractivity contribution in [3.8, 4) is 0 Å². The molecule has 0 aromatic carbocycles. The van der Waals surface area contributed by atoms with Gasteiger partial charge in [-0.2, -0.15) is 5.10 Å². The first kappa shape index (κ1) is 14.9. The summed E-state index contributed by atoms with van der Waals surface area (Å²) in [4.78, 5) is 12.2. The summed E-state index contributed by atoms with van der Waals surface area (Å²) >= 11 is 0. The van der Waals surface area contributed by atoms with Gasteiger partial charge in [-0.05, 0) is 37.7 Å². The monoisotopic (exact) mass is 250 g/mol. The third kappa shape index (κ3) is 4.28. The highest BCUT2D eigenvalue weighted by Gasteiger charge is 2.15. The predicted octanol–water partition coefficient (Wildman–Crippen LogP) is 3.86. The Bertz CT molecular complexity index is 399. The van der Waals surface area contributed by atoms with Crippen molar-refractivity contribution in [1.29, 1.82) is 0 Å². The SMILES string of the molecule is CCc1cc(C(=O)CCCC(C)(C)C)n(CC)n1. The van der Waals surface area contributed by atoms with E-state index in [0.29, 0.717) is 11.8 Å². The summed E-state index contributed by atoms with van der Waals surface area (Å²) in [6, 6.07) is 1.95. The maximum Gasteiger partial charge on any atom is 0.180 e. The van der Waals surface area contributed by atoms with E-state index < -0.39 is 0 Å². The van der Waals surface area contributed by atoms with E-state index in [1.807, 2.05) is 17.7 Å². The van der Waals surface area contributed by atoms with Crippen molar-refractivity contribution < 1.29 is 4.79 Å². The van der Waals surface area contributed by atoms with Crippen molar-refractivity contribution in [3.05, 3.63) is 17.5 Å². The quantitative estimate of drug-likeness (QED) is 0.718. The Labute approximate surface area is 111 Å². The molecule has 1 aromatic rings. The van der Waals surface area contributed by atoms with E-state index in [1.54, 1.807) is 0 Å². The fourth-order valence-corrected chi connectivity index (χ4v) is 2.02. The van der Waals surface area contributed by atoms with Gasteiger partial charge < -0.3 is 0 Å². The molecular formula is C15H26N2O. The smallest absolute Gasteiger partial charge is 0.180 e. The van der Waals surface area contributed by atoms with Crippen molar-refractivity contribution in [2.24, 2.45) is 5.41 Å². The van der Waals surface area contributed by atoms with Crippen LogP contribution >= 0.6 is 0 Å². The number of aryl methyl sites for hydroxylation is 2. The zero-order valence-corrected chi connectivity index (χ0v) is 12.4. The molecule has 0 atom stereocenters. The minimum atomic E-state index is 0.230. The molecule has 0 saturated carbocycles. The van der Waals surface area contributed by atoms with Crippen LogP contribution in [0.4, 0.5) is 0 Å². The highest BCUT2D eigenvalue weighted by molar-refractivity contribution is 5.94. The summed E-state index contributed by atoms with van der Waals surface area (Å²) in [5, 5.41) is 4.42. The van der Waals surface area contributed by atoms with Gasteiger partial charge in [-0.25, -0.2) is 0 Å².